The van der Waals surface area contributed by atoms with Gasteiger partial charge in [0.15, 0.2) is 0 Å². The lowest BCUT2D eigenvalue weighted by Crippen LogP contribution is -2.30. The Morgan fingerprint density at radius 3 is 2.39 bits per heavy atom. The number of benzene rings is 3. The van der Waals surface area contributed by atoms with Crippen LogP contribution in [0.15, 0.2) is 87.6 Å². The van der Waals surface area contributed by atoms with Crippen molar-refractivity contribution in [2.45, 2.75) is 21.7 Å². The molecule has 1 aromatic heterocycles. The Morgan fingerprint density at radius 1 is 1.03 bits per heavy atom. The van der Waals surface area contributed by atoms with Crippen LogP contribution in [0.3, 0.4) is 0 Å². The number of carbonyl (C=O) groups excluding carboxylic acids is 1. The van der Waals surface area contributed by atoms with E-state index in [4.69, 9.17) is 0 Å². The Bertz CT molecular complexity index is 1330. The van der Waals surface area contributed by atoms with Crippen LogP contribution in [0.5, 0.6) is 0 Å². The molecule has 3 aromatic carbocycles. The Balaban J connectivity index is 1.47. The molecule has 0 bridgehead atoms. The van der Waals surface area contributed by atoms with E-state index in [1.807, 2.05) is 79.7 Å². The zero-order valence-electron chi connectivity index (χ0n) is 16.7. The average molecular weight is 440 g/mol. The second-order valence-electron chi connectivity index (χ2n) is 7.20. The largest absolute Gasteiger partial charge is 0.278 e. The summed E-state index contributed by atoms with van der Waals surface area (Å²) in [7, 11) is 0. The molecular weight excluding hydrogens is 422 g/mol. The number of aryl methyl sites for hydroxylation is 1. The highest BCUT2D eigenvalue weighted by Gasteiger charge is 2.28. The van der Waals surface area contributed by atoms with Gasteiger partial charge in [-0.2, -0.15) is 5.26 Å². The Labute approximate surface area is 188 Å². The van der Waals surface area contributed by atoms with Gasteiger partial charge in [-0.05, 0) is 49.4 Å². The number of thioether (sulfide) groups is 1. The second-order valence-corrected chi connectivity index (χ2v) is 9.25. The zero-order valence-corrected chi connectivity index (χ0v) is 18.3. The predicted octanol–water partition coefficient (Wildman–Crippen LogP) is 6.34. The summed E-state index contributed by atoms with van der Waals surface area (Å²) < 4.78 is 0. The monoisotopic (exact) mass is 439 g/mol. The molecule has 0 aliphatic carbocycles. The van der Waals surface area contributed by atoms with E-state index in [1.54, 1.807) is 16.7 Å². The summed E-state index contributed by atoms with van der Waals surface area (Å²) in [6.07, 6.45) is 0. The van der Waals surface area contributed by atoms with Crippen LogP contribution in [-0.4, -0.2) is 16.6 Å². The van der Waals surface area contributed by atoms with Crippen LogP contribution < -0.4 is 4.90 Å². The van der Waals surface area contributed by atoms with E-state index in [0.717, 1.165) is 37.6 Å². The van der Waals surface area contributed by atoms with Crippen LogP contribution in [0.25, 0.3) is 10.9 Å². The molecular formula is C25H17N3OS2. The number of pyridine rings is 1. The molecule has 0 radical (unpaired) electrons. The van der Waals surface area contributed by atoms with E-state index in [0.29, 0.717) is 10.6 Å². The molecule has 4 nitrogen and oxygen atoms in total. The molecule has 0 saturated heterocycles. The van der Waals surface area contributed by atoms with Gasteiger partial charge in [0, 0.05) is 15.2 Å². The molecule has 31 heavy (non-hydrogen) atoms. The molecule has 0 atom stereocenters. The predicted molar refractivity (Wildman–Crippen MR) is 126 cm³/mol. The van der Waals surface area contributed by atoms with Gasteiger partial charge < -0.3 is 0 Å². The first-order valence-electron chi connectivity index (χ1n) is 9.77. The number of rotatable bonds is 3. The number of carbonyl (C=O) groups is 1. The van der Waals surface area contributed by atoms with Gasteiger partial charge in [-0.25, -0.2) is 4.98 Å². The van der Waals surface area contributed by atoms with Crippen LogP contribution in [0.2, 0.25) is 0 Å². The van der Waals surface area contributed by atoms with Crippen molar-refractivity contribution in [2.24, 2.45) is 0 Å². The lowest BCUT2D eigenvalue weighted by atomic mass is 10.1. The van der Waals surface area contributed by atoms with Crippen LogP contribution in [0, 0.1) is 18.3 Å². The van der Waals surface area contributed by atoms with Crippen LogP contribution in [0.1, 0.15) is 11.1 Å². The van der Waals surface area contributed by atoms with Crippen molar-refractivity contribution in [3.8, 4) is 6.07 Å². The van der Waals surface area contributed by atoms with Crippen molar-refractivity contribution >= 4 is 51.7 Å². The molecule has 1 amide bonds. The van der Waals surface area contributed by atoms with Crippen LogP contribution in [0.4, 0.5) is 11.4 Å². The molecule has 2 heterocycles. The van der Waals surface area contributed by atoms with E-state index in [-0.39, 0.29) is 11.7 Å². The summed E-state index contributed by atoms with van der Waals surface area (Å²) >= 11 is 2.98. The van der Waals surface area contributed by atoms with Gasteiger partial charge in [0.2, 0.25) is 5.91 Å². The summed E-state index contributed by atoms with van der Waals surface area (Å²) in [5, 5.41) is 11.1. The topological polar surface area (TPSA) is 57.0 Å². The maximum Gasteiger partial charge on any atom is 0.242 e. The third kappa shape index (κ3) is 3.67. The van der Waals surface area contributed by atoms with Gasteiger partial charge in [0.05, 0.1) is 28.2 Å². The number of hydrogen-bond donors (Lipinski definition) is 0. The normalized spacial score (nSPS) is 12.2. The molecule has 150 valence electrons. The fraction of sp³-hybridized carbons (Fsp3) is 0.0800. The number of amides is 1. The van der Waals surface area contributed by atoms with Gasteiger partial charge in [-0.3, -0.25) is 9.69 Å². The standard InChI is InChI=1S/C25H17N3OS2/c1-16-10-11-19-17(12-16)13-18(14-26)25(27-19)30-15-24(29)28-20-6-2-4-8-22(20)31-23-9-5-3-7-21(23)28/h2-13H,15H2,1H3. The van der Waals surface area contributed by atoms with E-state index in [2.05, 4.69) is 11.1 Å². The fourth-order valence-electron chi connectivity index (χ4n) is 3.64. The SMILES string of the molecule is Cc1ccc2nc(SCC(=O)N3c4ccccc4Sc4ccccc43)c(C#N)cc2c1. The molecule has 4 aromatic rings. The number of nitriles is 1. The Morgan fingerprint density at radius 2 is 1.71 bits per heavy atom. The molecule has 6 heteroatoms. The third-order valence-electron chi connectivity index (χ3n) is 5.07. The van der Waals surface area contributed by atoms with Gasteiger partial charge in [-0.1, -0.05) is 59.4 Å². The zero-order chi connectivity index (χ0) is 21.4. The summed E-state index contributed by atoms with van der Waals surface area (Å²) in [4.78, 5) is 21.9. The van der Waals surface area contributed by atoms with Crippen LogP contribution in [-0.2, 0) is 4.79 Å². The summed E-state index contributed by atoms with van der Waals surface area (Å²) in [6.45, 7) is 2.01. The summed E-state index contributed by atoms with van der Waals surface area (Å²) in [5.41, 5.74) is 4.21. The van der Waals surface area contributed by atoms with Gasteiger partial charge in [-0.15, -0.1) is 0 Å². The van der Waals surface area contributed by atoms with Crippen molar-refractivity contribution in [3.63, 3.8) is 0 Å². The highest BCUT2D eigenvalue weighted by Crippen LogP contribution is 2.48. The number of hydrogen-bond acceptors (Lipinski definition) is 5. The van der Waals surface area contributed by atoms with E-state index < -0.39 is 0 Å². The van der Waals surface area contributed by atoms with Crippen molar-refractivity contribution in [1.82, 2.24) is 4.98 Å². The number of para-hydroxylation sites is 2. The fourth-order valence-corrected chi connectivity index (χ4v) is 5.51. The van der Waals surface area contributed by atoms with Crippen molar-refractivity contribution in [2.75, 3.05) is 10.7 Å². The van der Waals surface area contributed by atoms with E-state index in [9.17, 15) is 10.1 Å². The van der Waals surface area contributed by atoms with Gasteiger partial charge >= 0.3 is 0 Å². The minimum absolute atomic E-state index is 0.0418. The van der Waals surface area contributed by atoms with E-state index >= 15 is 0 Å². The molecule has 0 saturated carbocycles. The minimum Gasteiger partial charge on any atom is -0.278 e. The first kappa shape index (κ1) is 19.7. The van der Waals surface area contributed by atoms with E-state index in [1.165, 1.54) is 11.8 Å². The molecule has 0 fully saturated rings. The molecule has 1 aliphatic rings. The lowest BCUT2D eigenvalue weighted by Gasteiger charge is -2.31. The second kappa shape index (κ2) is 8.10. The quantitative estimate of drug-likeness (QED) is 0.349. The Hall–Kier alpha value is -3.27. The smallest absolute Gasteiger partial charge is 0.242 e. The highest BCUT2D eigenvalue weighted by molar-refractivity contribution is 8.00. The molecule has 0 N–H and O–H groups in total. The lowest BCUT2D eigenvalue weighted by molar-refractivity contribution is -0.115. The van der Waals surface area contributed by atoms with Gasteiger partial charge in [0.25, 0.3) is 0 Å². The molecule has 1 aliphatic heterocycles. The molecule has 0 unspecified atom stereocenters. The van der Waals surface area contributed by atoms with Crippen LogP contribution >= 0.6 is 23.5 Å². The van der Waals surface area contributed by atoms with Gasteiger partial charge in [0.1, 0.15) is 11.1 Å². The number of fused-ring (bicyclic) bond motifs is 3. The van der Waals surface area contributed by atoms with Crippen molar-refractivity contribution in [1.29, 1.82) is 5.26 Å². The maximum absolute atomic E-state index is 13.4. The number of nitrogens with zero attached hydrogens (tertiary/aromatic N) is 3. The average Bonchev–Trinajstić information content (AvgIpc) is 2.80. The first-order valence-corrected chi connectivity index (χ1v) is 11.6. The number of aromatic nitrogens is 1. The van der Waals surface area contributed by atoms with Crippen molar-refractivity contribution in [3.05, 3.63) is 83.9 Å². The maximum atomic E-state index is 13.4. The first-order chi connectivity index (χ1) is 15.1. The summed E-state index contributed by atoms with van der Waals surface area (Å²) in [6, 6.07) is 25.9. The minimum atomic E-state index is -0.0418. The molecule has 5 rings (SSSR count). The molecule has 0 spiro atoms. The van der Waals surface area contributed by atoms with Crippen molar-refractivity contribution < 1.29 is 4.79 Å². The highest BCUT2D eigenvalue weighted by atomic mass is 32.2. The summed E-state index contributed by atoms with van der Waals surface area (Å²) in [5.74, 6) is 0.145. The Kier molecular flexibility index (Phi) is 5.14. The number of anilines is 2. The third-order valence-corrected chi connectivity index (χ3v) is 7.18.